The monoisotopic (exact) mass is 467 g/mol. The smallest absolute Gasteiger partial charge is 0.254 e. The largest absolute Gasteiger partial charge is 0.438 e. The topological polar surface area (TPSA) is 63.2 Å². The van der Waals surface area contributed by atoms with E-state index in [0.717, 1.165) is 16.1 Å². The lowest BCUT2D eigenvalue weighted by molar-refractivity contribution is 0.459. The molecule has 0 spiro atoms. The van der Waals surface area contributed by atoms with E-state index in [2.05, 4.69) is 19.7 Å². The molecule has 0 aliphatic carbocycles. The number of anilines is 2. The minimum atomic E-state index is -0.0451. The van der Waals surface area contributed by atoms with Gasteiger partial charge in [0.1, 0.15) is 5.75 Å². The third-order valence-corrected chi connectivity index (χ3v) is 5.83. The van der Waals surface area contributed by atoms with Crippen molar-refractivity contribution in [1.29, 1.82) is 0 Å². The first-order valence-corrected chi connectivity index (χ1v) is 10.8. The third kappa shape index (κ3) is 5.09. The molecule has 0 saturated heterocycles. The highest BCUT2D eigenvalue weighted by Crippen LogP contribution is 2.35. The van der Waals surface area contributed by atoms with Crippen molar-refractivity contribution in [3.63, 3.8) is 0 Å². The molecule has 162 valence electrons. The van der Waals surface area contributed by atoms with Gasteiger partial charge in [-0.3, -0.25) is 0 Å². The zero-order chi connectivity index (χ0) is 22.5. The van der Waals surface area contributed by atoms with Gasteiger partial charge in [-0.2, -0.15) is 5.12 Å². The molecule has 4 rings (SSSR count). The fourth-order valence-corrected chi connectivity index (χ4v) is 3.75. The maximum absolute atomic E-state index is 13.5. The Hall–Kier alpha value is -3.36. The van der Waals surface area contributed by atoms with Crippen LogP contribution in [0.3, 0.4) is 0 Å². The van der Waals surface area contributed by atoms with Gasteiger partial charge in [-0.15, -0.1) is 0 Å². The lowest BCUT2D eigenvalue weighted by atomic mass is 10.2. The first-order valence-electron chi connectivity index (χ1n) is 9.65. The van der Waals surface area contributed by atoms with Crippen molar-refractivity contribution in [2.45, 2.75) is 11.8 Å². The molecule has 2 aromatic carbocycles. The van der Waals surface area contributed by atoms with Crippen LogP contribution in [0.2, 0.25) is 5.02 Å². The Kier molecular flexibility index (Phi) is 6.72. The van der Waals surface area contributed by atoms with Crippen LogP contribution in [0.5, 0.6) is 11.6 Å². The van der Waals surface area contributed by atoms with Crippen LogP contribution in [0, 0.1) is 6.92 Å². The molecule has 0 atom stereocenters. The number of aryl methyl sites for hydroxylation is 1. The van der Waals surface area contributed by atoms with E-state index in [4.69, 9.17) is 16.3 Å². The van der Waals surface area contributed by atoms with Crippen molar-refractivity contribution in [3.8, 4) is 22.9 Å². The number of nitrogens with zero attached hydrogens (tertiary/aromatic N) is 4. The van der Waals surface area contributed by atoms with E-state index in [1.165, 1.54) is 25.2 Å². The summed E-state index contributed by atoms with van der Waals surface area (Å²) in [4.78, 5) is 13.4. The molecular weight excluding hydrogens is 449 g/mol. The fourth-order valence-electron chi connectivity index (χ4n) is 2.83. The molecule has 0 amide bonds. The Morgan fingerprint density at radius 1 is 1.03 bits per heavy atom. The Morgan fingerprint density at radius 3 is 2.69 bits per heavy atom. The number of benzene rings is 2. The third-order valence-electron chi connectivity index (χ3n) is 4.48. The van der Waals surface area contributed by atoms with Crippen molar-refractivity contribution >= 4 is 35.2 Å². The van der Waals surface area contributed by atoms with Crippen molar-refractivity contribution in [1.82, 2.24) is 15.0 Å². The highest BCUT2D eigenvalue weighted by atomic mass is 35.5. The summed E-state index contributed by atoms with van der Waals surface area (Å²) in [5.41, 5.74) is 2.91. The second-order valence-electron chi connectivity index (χ2n) is 6.79. The van der Waals surface area contributed by atoms with E-state index < -0.39 is 0 Å². The molecule has 4 aromatic rings. The van der Waals surface area contributed by atoms with Crippen molar-refractivity contribution in [3.05, 3.63) is 83.6 Å². The van der Waals surface area contributed by atoms with E-state index in [9.17, 15) is 4.48 Å². The summed E-state index contributed by atoms with van der Waals surface area (Å²) in [6.07, 6.45) is 3.12. The number of ether oxygens (including phenoxy) is 1. The van der Waals surface area contributed by atoms with Gasteiger partial charge in [0, 0.05) is 36.1 Å². The van der Waals surface area contributed by atoms with Crippen LogP contribution >= 0.6 is 23.5 Å². The Bertz CT molecular complexity index is 1240. The van der Waals surface area contributed by atoms with Crippen molar-refractivity contribution in [2.75, 3.05) is 16.9 Å². The minimum Gasteiger partial charge on any atom is -0.438 e. The van der Waals surface area contributed by atoms with Crippen LogP contribution in [0.15, 0.2) is 78.0 Å². The molecule has 1 N–H and O–H groups in total. The quantitative estimate of drug-likeness (QED) is 0.238. The highest BCUT2D eigenvalue weighted by Gasteiger charge is 2.14. The molecule has 0 unspecified atom stereocenters. The number of rotatable bonds is 7. The maximum atomic E-state index is 13.5. The average Bonchev–Trinajstić information content (AvgIpc) is 2.81. The number of aromatic nitrogens is 3. The highest BCUT2D eigenvalue weighted by molar-refractivity contribution is 8.00. The molecule has 2 aromatic heterocycles. The van der Waals surface area contributed by atoms with Crippen molar-refractivity contribution in [2.24, 2.45) is 0 Å². The summed E-state index contributed by atoms with van der Waals surface area (Å²) >= 11 is 7.64. The predicted octanol–water partition coefficient (Wildman–Crippen LogP) is 6.73. The summed E-state index contributed by atoms with van der Waals surface area (Å²) in [6, 6.07) is 18.7. The first-order chi connectivity index (χ1) is 15.5. The summed E-state index contributed by atoms with van der Waals surface area (Å²) in [5.74, 6) is 0.945. The molecule has 0 fully saturated rings. The zero-order valence-corrected chi connectivity index (χ0v) is 18.9. The molecule has 2 heterocycles. The molecule has 0 bridgehead atoms. The van der Waals surface area contributed by atoms with E-state index in [1.54, 1.807) is 18.3 Å². The van der Waals surface area contributed by atoms with Crippen LogP contribution in [0.4, 0.5) is 16.1 Å². The lowest BCUT2D eigenvalue weighted by Gasteiger charge is -2.14. The maximum Gasteiger partial charge on any atom is 0.254 e. The van der Waals surface area contributed by atoms with E-state index in [-0.39, 0.29) is 5.95 Å². The van der Waals surface area contributed by atoms with Gasteiger partial charge >= 0.3 is 0 Å². The SMILES string of the molecule is Cc1ccc(NSc2ccccc2Cl)cc1Oc1ncccc1-c1ccnc(N(C)F)n1. The molecular formula is C23H19ClFN5OS. The Balaban J connectivity index is 1.59. The van der Waals surface area contributed by atoms with Gasteiger partial charge in [0.2, 0.25) is 5.88 Å². The fraction of sp³-hybridized carbons (Fsp3) is 0.0870. The van der Waals surface area contributed by atoms with Gasteiger partial charge in [0.25, 0.3) is 5.95 Å². The average molecular weight is 468 g/mol. The normalized spacial score (nSPS) is 10.6. The van der Waals surface area contributed by atoms with Gasteiger partial charge in [-0.05, 0) is 60.8 Å². The summed E-state index contributed by atoms with van der Waals surface area (Å²) in [5, 5.41) is 1.03. The van der Waals surface area contributed by atoms with E-state index in [0.29, 0.717) is 33.0 Å². The lowest BCUT2D eigenvalue weighted by Crippen LogP contribution is -2.07. The standard InChI is InChI=1S/C23H19ClFN5OS/c1-15-9-10-16(29-32-21-8-4-3-7-18(21)24)14-20(15)31-22-17(6-5-12-26-22)19-11-13-27-23(28-19)30(2)25/h3-14,29H,1-2H3. The number of pyridine rings is 1. The Morgan fingerprint density at radius 2 is 1.88 bits per heavy atom. The van der Waals surface area contributed by atoms with Gasteiger partial charge in [-0.1, -0.05) is 34.3 Å². The summed E-state index contributed by atoms with van der Waals surface area (Å²) in [6.45, 7) is 1.95. The molecule has 0 aliphatic heterocycles. The molecule has 0 radical (unpaired) electrons. The zero-order valence-electron chi connectivity index (χ0n) is 17.3. The predicted molar refractivity (Wildman–Crippen MR) is 127 cm³/mol. The van der Waals surface area contributed by atoms with Crippen LogP contribution in [0.1, 0.15) is 5.56 Å². The Labute approximate surface area is 194 Å². The van der Waals surface area contributed by atoms with Crippen LogP contribution in [0.25, 0.3) is 11.3 Å². The summed E-state index contributed by atoms with van der Waals surface area (Å²) < 4.78 is 23.0. The van der Waals surface area contributed by atoms with Crippen LogP contribution < -0.4 is 14.6 Å². The number of hydrogen-bond acceptors (Lipinski definition) is 7. The van der Waals surface area contributed by atoms with Gasteiger partial charge < -0.3 is 9.46 Å². The van der Waals surface area contributed by atoms with E-state index >= 15 is 0 Å². The molecule has 0 aliphatic rings. The number of halogens is 2. The minimum absolute atomic E-state index is 0.0451. The second-order valence-corrected chi connectivity index (χ2v) is 8.05. The summed E-state index contributed by atoms with van der Waals surface area (Å²) in [7, 11) is 1.24. The molecule has 9 heteroatoms. The number of nitrogens with one attached hydrogen (secondary N) is 1. The molecule has 0 saturated carbocycles. The van der Waals surface area contributed by atoms with Crippen molar-refractivity contribution < 1.29 is 9.22 Å². The van der Waals surface area contributed by atoms with Gasteiger partial charge in [-0.25, -0.2) is 15.0 Å². The first kappa shape index (κ1) is 21.9. The molecule has 6 nitrogen and oxygen atoms in total. The van der Waals surface area contributed by atoms with E-state index in [1.807, 2.05) is 55.5 Å². The molecule has 32 heavy (non-hydrogen) atoms. The number of hydrogen-bond donors (Lipinski definition) is 1. The van der Waals surface area contributed by atoms with Gasteiger partial charge in [0.15, 0.2) is 0 Å². The van der Waals surface area contributed by atoms with Crippen LogP contribution in [-0.4, -0.2) is 22.0 Å². The van der Waals surface area contributed by atoms with Crippen LogP contribution in [-0.2, 0) is 0 Å². The second kappa shape index (κ2) is 9.84. The van der Waals surface area contributed by atoms with Gasteiger partial charge in [0.05, 0.1) is 16.3 Å².